The van der Waals surface area contributed by atoms with Crippen LogP contribution in [0.15, 0.2) is 24.3 Å². The number of hydrogen-bond donors (Lipinski definition) is 1. The zero-order valence-corrected chi connectivity index (χ0v) is 11.6. The van der Waals surface area contributed by atoms with Gasteiger partial charge in [-0.3, -0.25) is 4.90 Å². The molecular weight excluding hydrogens is 224 g/mol. The first-order valence-electron chi connectivity index (χ1n) is 6.83. The molecule has 1 fully saturated rings. The van der Waals surface area contributed by atoms with Gasteiger partial charge in [-0.15, -0.1) is 0 Å². The fourth-order valence-electron chi connectivity index (χ4n) is 2.45. The maximum atomic E-state index is 5.19. The molecule has 0 aromatic heterocycles. The van der Waals surface area contributed by atoms with Crippen molar-refractivity contribution >= 4 is 0 Å². The van der Waals surface area contributed by atoms with E-state index in [2.05, 4.69) is 36.2 Å². The van der Waals surface area contributed by atoms with Crippen molar-refractivity contribution in [2.45, 2.75) is 38.9 Å². The minimum Gasteiger partial charge on any atom is -0.497 e. The van der Waals surface area contributed by atoms with Crippen LogP contribution in [0.4, 0.5) is 0 Å². The lowest BCUT2D eigenvalue weighted by Gasteiger charge is -2.38. The summed E-state index contributed by atoms with van der Waals surface area (Å²) < 4.78 is 5.19. The van der Waals surface area contributed by atoms with Crippen LogP contribution in [0.3, 0.4) is 0 Å². The molecule has 2 atom stereocenters. The number of nitrogens with zero attached hydrogens (tertiary/aromatic N) is 1. The van der Waals surface area contributed by atoms with Crippen LogP contribution in [0, 0.1) is 0 Å². The average Bonchev–Trinajstić information content (AvgIpc) is 2.42. The molecule has 2 rings (SSSR count). The molecule has 1 saturated heterocycles. The van der Waals surface area contributed by atoms with E-state index in [0.29, 0.717) is 12.1 Å². The van der Waals surface area contributed by atoms with Crippen LogP contribution < -0.4 is 10.1 Å². The van der Waals surface area contributed by atoms with E-state index in [1.165, 1.54) is 12.0 Å². The summed E-state index contributed by atoms with van der Waals surface area (Å²) in [4.78, 5) is 2.56. The van der Waals surface area contributed by atoms with Gasteiger partial charge in [0.2, 0.25) is 0 Å². The number of methoxy groups -OCH3 is 1. The molecule has 100 valence electrons. The maximum Gasteiger partial charge on any atom is 0.118 e. The normalized spacial score (nSPS) is 25.1. The minimum absolute atomic E-state index is 0.606. The molecule has 2 unspecified atom stereocenters. The van der Waals surface area contributed by atoms with Gasteiger partial charge < -0.3 is 10.1 Å². The van der Waals surface area contributed by atoms with Gasteiger partial charge in [0, 0.05) is 31.7 Å². The van der Waals surface area contributed by atoms with Crippen LogP contribution in [-0.2, 0) is 6.54 Å². The standard InChI is InChI=1S/C15H24N2O/c1-4-14-11-17(12(2)9-16-14)10-13-5-7-15(18-3)8-6-13/h5-8,12,14,16H,4,9-11H2,1-3H3. The molecule has 3 heteroatoms. The van der Waals surface area contributed by atoms with Crippen molar-refractivity contribution in [3.63, 3.8) is 0 Å². The largest absolute Gasteiger partial charge is 0.497 e. The summed E-state index contributed by atoms with van der Waals surface area (Å²) in [6.45, 7) is 7.81. The zero-order chi connectivity index (χ0) is 13.0. The highest BCUT2D eigenvalue weighted by Crippen LogP contribution is 2.16. The second-order valence-electron chi connectivity index (χ2n) is 5.14. The van der Waals surface area contributed by atoms with Gasteiger partial charge in [-0.1, -0.05) is 19.1 Å². The summed E-state index contributed by atoms with van der Waals surface area (Å²) in [5, 5.41) is 3.59. The molecule has 0 amide bonds. The number of nitrogens with one attached hydrogen (secondary N) is 1. The van der Waals surface area contributed by atoms with Crippen LogP contribution in [-0.4, -0.2) is 37.2 Å². The quantitative estimate of drug-likeness (QED) is 0.884. The van der Waals surface area contributed by atoms with Crippen molar-refractivity contribution in [2.24, 2.45) is 0 Å². The first-order valence-corrected chi connectivity index (χ1v) is 6.83. The molecular formula is C15H24N2O. The Morgan fingerprint density at radius 1 is 1.33 bits per heavy atom. The van der Waals surface area contributed by atoms with E-state index < -0.39 is 0 Å². The van der Waals surface area contributed by atoms with Crippen molar-refractivity contribution in [1.29, 1.82) is 0 Å². The molecule has 0 bridgehead atoms. The topological polar surface area (TPSA) is 24.5 Å². The highest BCUT2D eigenvalue weighted by Gasteiger charge is 2.23. The van der Waals surface area contributed by atoms with E-state index in [9.17, 15) is 0 Å². The number of benzene rings is 1. The van der Waals surface area contributed by atoms with Gasteiger partial charge in [-0.25, -0.2) is 0 Å². The van der Waals surface area contributed by atoms with E-state index in [1.807, 2.05) is 12.1 Å². The Morgan fingerprint density at radius 3 is 2.67 bits per heavy atom. The Hall–Kier alpha value is -1.06. The summed E-state index contributed by atoms with van der Waals surface area (Å²) in [6.07, 6.45) is 1.20. The van der Waals surface area contributed by atoms with Gasteiger partial charge in [-0.2, -0.15) is 0 Å². The molecule has 1 aromatic rings. The predicted molar refractivity (Wildman–Crippen MR) is 74.9 cm³/mol. The number of ether oxygens (including phenoxy) is 1. The molecule has 1 heterocycles. The summed E-state index contributed by atoms with van der Waals surface area (Å²) in [5.41, 5.74) is 1.36. The summed E-state index contributed by atoms with van der Waals surface area (Å²) >= 11 is 0. The van der Waals surface area contributed by atoms with Crippen LogP contribution in [0.2, 0.25) is 0 Å². The van der Waals surface area contributed by atoms with E-state index >= 15 is 0 Å². The fourth-order valence-corrected chi connectivity index (χ4v) is 2.45. The first-order chi connectivity index (χ1) is 8.72. The molecule has 1 N–H and O–H groups in total. The van der Waals surface area contributed by atoms with Gasteiger partial charge in [0.25, 0.3) is 0 Å². The number of piperazine rings is 1. The molecule has 3 nitrogen and oxygen atoms in total. The fraction of sp³-hybridized carbons (Fsp3) is 0.600. The summed E-state index contributed by atoms with van der Waals surface area (Å²) in [6, 6.07) is 9.65. The zero-order valence-electron chi connectivity index (χ0n) is 11.6. The molecule has 1 aliphatic rings. The van der Waals surface area contributed by atoms with Crippen molar-refractivity contribution in [1.82, 2.24) is 10.2 Å². The van der Waals surface area contributed by atoms with Gasteiger partial charge in [0.1, 0.15) is 5.75 Å². The molecule has 0 aliphatic carbocycles. The van der Waals surface area contributed by atoms with Gasteiger partial charge in [-0.05, 0) is 31.0 Å². The third-order valence-electron chi connectivity index (χ3n) is 3.82. The predicted octanol–water partition coefficient (Wildman–Crippen LogP) is 2.27. The lowest BCUT2D eigenvalue weighted by Crippen LogP contribution is -2.54. The van der Waals surface area contributed by atoms with Gasteiger partial charge in [0.05, 0.1) is 7.11 Å². The molecule has 18 heavy (non-hydrogen) atoms. The van der Waals surface area contributed by atoms with Gasteiger partial charge >= 0.3 is 0 Å². The van der Waals surface area contributed by atoms with Crippen LogP contribution >= 0.6 is 0 Å². The molecule has 1 aromatic carbocycles. The monoisotopic (exact) mass is 248 g/mol. The molecule has 1 aliphatic heterocycles. The third-order valence-corrected chi connectivity index (χ3v) is 3.82. The van der Waals surface area contributed by atoms with E-state index in [0.717, 1.165) is 25.4 Å². The second-order valence-corrected chi connectivity index (χ2v) is 5.14. The Balaban J connectivity index is 1.97. The summed E-state index contributed by atoms with van der Waals surface area (Å²) in [5.74, 6) is 0.929. The van der Waals surface area contributed by atoms with E-state index in [4.69, 9.17) is 4.74 Å². The van der Waals surface area contributed by atoms with Crippen LogP contribution in [0.5, 0.6) is 5.75 Å². The number of rotatable bonds is 4. The SMILES string of the molecule is CCC1CN(Cc2ccc(OC)cc2)C(C)CN1. The second kappa shape index (κ2) is 6.21. The highest BCUT2D eigenvalue weighted by molar-refractivity contribution is 5.27. The smallest absolute Gasteiger partial charge is 0.118 e. The van der Waals surface area contributed by atoms with E-state index in [-0.39, 0.29) is 0 Å². The Morgan fingerprint density at radius 2 is 2.06 bits per heavy atom. The van der Waals surface area contributed by atoms with Crippen molar-refractivity contribution in [2.75, 3.05) is 20.2 Å². The lowest BCUT2D eigenvalue weighted by molar-refractivity contribution is 0.131. The van der Waals surface area contributed by atoms with Gasteiger partial charge in [0.15, 0.2) is 0 Å². The van der Waals surface area contributed by atoms with Crippen molar-refractivity contribution < 1.29 is 4.74 Å². The maximum absolute atomic E-state index is 5.19. The Bertz CT molecular complexity index is 363. The molecule has 0 saturated carbocycles. The third kappa shape index (κ3) is 3.24. The summed E-state index contributed by atoms with van der Waals surface area (Å²) in [7, 11) is 1.71. The van der Waals surface area contributed by atoms with E-state index in [1.54, 1.807) is 7.11 Å². The van der Waals surface area contributed by atoms with Crippen LogP contribution in [0.1, 0.15) is 25.8 Å². The minimum atomic E-state index is 0.606. The highest BCUT2D eigenvalue weighted by atomic mass is 16.5. The Kier molecular flexibility index (Phi) is 4.61. The number of hydrogen-bond acceptors (Lipinski definition) is 3. The Labute approximate surface area is 110 Å². The lowest BCUT2D eigenvalue weighted by atomic mass is 10.1. The molecule has 0 radical (unpaired) electrons. The molecule has 0 spiro atoms. The first kappa shape index (κ1) is 13.4. The van der Waals surface area contributed by atoms with Crippen molar-refractivity contribution in [3.8, 4) is 5.75 Å². The average molecular weight is 248 g/mol. The van der Waals surface area contributed by atoms with Crippen molar-refractivity contribution in [3.05, 3.63) is 29.8 Å². The van der Waals surface area contributed by atoms with Crippen LogP contribution in [0.25, 0.3) is 0 Å².